The number of Topliss-reactive ketones (excluding diaryl/α,β-unsaturated/α-hetero) is 1. The molecule has 0 amide bonds. The Kier molecular flexibility index (Phi) is 3.25. The van der Waals surface area contributed by atoms with E-state index in [4.69, 9.17) is 0 Å². The lowest BCUT2D eigenvalue weighted by Crippen LogP contribution is -2.01. The fourth-order valence-electron chi connectivity index (χ4n) is 1.26. The van der Waals surface area contributed by atoms with Gasteiger partial charge in [0.15, 0.2) is 5.78 Å². The minimum Gasteiger partial charge on any atom is -0.512 e. The van der Waals surface area contributed by atoms with E-state index in [1.54, 1.807) is 0 Å². The van der Waals surface area contributed by atoms with Gasteiger partial charge < -0.3 is 5.11 Å². The minimum atomic E-state index is -0.164. The number of rotatable bonds is 3. The number of allylic oxidation sites excluding steroid dienone is 3. The van der Waals surface area contributed by atoms with E-state index in [-0.39, 0.29) is 11.5 Å². The summed E-state index contributed by atoms with van der Waals surface area (Å²) >= 11 is 1.50. The lowest BCUT2D eigenvalue weighted by molar-refractivity contribution is -0.113. The second-order valence-corrected chi connectivity index (χ2v) is 3.92. The fourth-order valence-corrected chi connectivity index (χ4v) is 1.96. The number of carbonyl (C=O) groups excluding carboxylic acids is 1. The Morgan fingerprint density at radius 1 is 1.50 bits per heavy atom. The first-order chi connectivity index (χ1) is 6.54. The van der Waals surface area contributed by atoms with Gasteiger partial charge in [-0.05, 0) is 30.9 Å². The number of thiophene rings is 1. The molecular weight excluding hydrogens is 196 g/mol. The number of hydrogen-bond donors (Lipinski definition) is 1. The van der Waals surface area contributed by atoms with Crippen molar-refractivity contribution in [2.24, 2.45) is 0 Å². The van der Waals surface area contributed by atoms with Gasteiger partial charge in [-0.2, -0.15) is 0 Å². The van der Waals surface area contributed by atoms with Crippen LogP contribution in [-0.2, 0) is 4.79 Å². The third-order valence-corrected chi connectivity index (χ3v) is 2.76. The molecule has 0 bridgehead atoms. The molecule has 0 unspecified atom stereocenters. The normalized spacial score (nSPS) is 12.1. The van der Waals surface area contributed by atoms with Gasteiger partial charge in [-0.25, -0.2) is 0 Å². The Morgan fingerprint density at radius 3 is 2.50 bits per heavy atom. The molecule has 1 aromatic rings. The van der Waals surface area contributed by atoms with Gasteiger partial charge >= 0.3 is 0 Å². The smallest absolute Gasteiger partial charge is 0.163 e. The minimum absolute atomic E-state index is 0.0240. The Balaban J connectivity index is 3.11. The fraction of sp³-hybridized carbons (Fsp3) is 0.182. The zero-order valence-corrected chi connectivity index (χ0v) is 9.02. The van der Waals surface area contributed by atoms with Crippen molar-refractivity contribution in [2.45, 2.75) is 13.8 Å². The molecule has 0 aliphatic heterocycles. The van der Waals surface area contributed by atoms with Gasteiger partial charge in [-0.3, -0.25) is 4.79 Å². The number of aliphatic hydroxyl groups excluding tert-OH is 1. The van der Waals surface area contributed by atoms with Crippen LogP contribution in [0.2, 0.25) is 0 Å². The van der Waals surface area contributed by atoms with E-state index >= 15 is 0 Å². The van der Waals surface area contributed by atoms with E-state index in [9.17, 15) is 9.90 Å². The van der Waals surface area contributed by atoms with Crippen molar-refractivity contribution in [3.8, 4) is 0 Å². The molecule has 14 heavy (non-hydrogen) atoms. The summed E-state index contributed by atoms with van der Waals surface area (Å²) in [4.78, 5) is 12.2. The molecule has 0 spiro atoms. The lowest BCUT2D eigenvalue weighted by Gasteiger charge is -2.06. The van der Waals surface area contributed by atoms with Crippen molar-refractivity contribution in [3.05, 3.63) is 40.3 Å². The molecule has 3 heteroatoms. The second-order valence-electron chi connectivity index (χ2n) is 2.97. The van der Waals surface area contributed by atoms with E-state index in [2.05, 4.69) is 6.58 Å². The van der Waals surface area contributed by atoms with Crippen LogP contribution in [0.15, 0.2) is 35.4 Å². The summed E-state index contributed by atoms with van der Waals surface area (Å²) in [6.45, 7) is 6.73. The predicted molar refractivity (Wildman–Crippen MR) is 59.4 cm³/mol. The highest BCUT2D eigenvalue weighted by atomic mass is 32.1. The van der Waals surface area contributed by atoms with Gasteiger partial charge in [0, 0.05) is 4.88 Å². The first-order valence-corrected chi connectivity index (χ1v) is 5.06. The SMILES string of the molecule is C=C(/C(C(C)=O)=C(/C)O)c1cccs1. The summed E-state index contributed by atoms with van der Waals surface area (Å²) in [6.07, 6.45) is 0. The van der Waals surface area contributed by atoms with Crippen molar-refractivity contribution in [2.75, 3.05) is 0 Å². The summed E-state index contributed by atoms with van der Waals surface area (Å²) in [5.74, 6) is -0.140. The number of ketones is 1. The molecular formula is C11H12O2S. The van der Waals surface area contributed by atoms with Gasteiger partial charge in [-0.15, -0.1) is 11.3 Å². The van der Waals surface area contributed by atoms with E-state index in [1.165, 1.54) is 25.2 Å². The van der Waals surface area contributed by atoms with Crippen LogP contribution in [-0.4, -0.2) is 10.9 Å². The molecule has 0 radical (unpaired) electrons. The molecule has 74 valence electrons. The molecule has 0 saturated carbocycles. The van der Waals surface area contributed by atoms with Gasteiger partial charge in [-0.1, -0.05) is 12.6 Å². The summed E-state index contributed by atoms with van der Waals surface area (Å²) in [5.41, 5.74) is 0.903. The van der Waals surface area contributed by atoms with Gasteiger partial charge in [0.25, 0.3) is 0 Å². The highest BCUT2D eigenvalue weighted by Gasteiger charge is 2.14. The molecule has 0 aromatic carbocycles. The average molecular weight is 208 g/mol. The van der Waals surface area contributed by atoms with Crippen LogP contribution in [0.1, 0.15) is 18.7 Å². The first-order valence-electron chi connectivity index (χ1n) is 4.18. The van der Waals surface area contributed by atoms with Gasteiger partial charge in [0.05, 0.1) is 5.57 Å². The van der Waals surface area contributed by atoms with Crippen LogP contribution in [0.5, 0.6) is 0 Å². The predicted octanol–water partition coefficient (Wildman–Crippen LogP) is 3.18. The molecule has 0 atom stereocenters. The highest BCUT2D eigenvalue weighted by Crippen LogP contribution is 2.27. The van der Waals surface area contributed by atoms with Crippen molar-refractivity contribution < 1.29 is 9.90 Å². The summed E-state index contributed by atoms with van der Waals surface area (Å²) < 4.78 is 0. The third-order valence-electron chi connectivity index (χ3n) is 1.83. The van der Waals surface area contributed by atoms with E-state index < -0.39 is 0 Å². The standard InChI is InChI=1S/C11H12O2S/c1-7(10-5-4-6-14-10)11(8(2)12)9(3)13/h4-6,12H,1H2,2-3H3/b11-8+. The maximum Gasteiger partial charge on any atom is 0.163 e. The molecule has 1 N–H and O–H groups in total. The second kappa shape index (κ2) is 4.24. The maximum absolute atomic E-state index is 11.2. The van der Waals surface area contributed by atoms with Crippen molar-refractivity contribution in [3.63, 3.8) is 0 Å². The maximum atomic E-state index is 11.2. The van der Waals surface area contributed by atoms with Crippen LogP contribution in [0.4, 0.5) is 0 Å². The topological polar surface area (TPSA) is 37.3 Å². The molecule has 1 aromatic heterocycles. The largest absolute Gasteiger partial charge is 0.512 e. The molecule has 0 aliphatic rings. The Hall–Kier alpha value is -1.35. The number of hydrogen-bond acceptors (Lipinski definition) is 3. The number of aliphatic hydroxyl groups is 1. The zero-order chi connectivity index (χ0) is 10.7. The monoisotopic (exact) mass is 208 g/mol. The molecule has 0 saturated heterocycles. The molecule has 0 fully saturated rings. The Morgan fingerprint density at radius 2 is 2.14 bits per heavy atom. The van der Waals surface area contributed by atoms with E-state index in [0.717, 1.165) is 4.88 Å². The van der Waals surface area contributed by atoms with Crippen LogP contribution in [0.3, 0.4) is 0 Å². The van der Waals surface area contributed by atoms with Crippen LogP contribution >= 0.6 is 11.3 Å². The Bertz CT molecular complexity index is 381. The molecule has 1 heterocycles. The van der Waals surface area contributed by atoms with E-state index in [0.29, 0.717) is 11.1 Å². The quantitative estimate of drug-likeness (QED) is 0.470. The van der Waals surface area contributed by atoms with Crippen molar-refractivity contribution >= 4 is 22.7 Å². The zero-order valence-electron chi connectivity index (χ0n) is 8.20. The van der Waals surface area contributed by atoms with Crippen LogP contribution in [0.25, 0.3) is 5.57 Å². The van der Waals surface area contributed by atoms with Gasteiger partial charge in [0.1, 0.15) is 5.76 Å². The average Bonchev–Trinajstić information content (AvgIpc) is 2.53. The first kappa shape index (κ1) is 10.7. The van der Waals surface area contributed by atoms with Crippen molar-refractivity contribution in [1.29, 1.82) is 0 Å². The number of carbonyl (C=O) groups is 1. The lowest BCUT2D eigenvalue weighted by atomic mass is 10.0. The summed E-state index contributed by atoms with van der Waals surface area (Å²) in [6, 6.07) is 3.76. The van der Waals surface area contributed by atoms with Gasteiger partial charge in [0.2, 0.25) is 0 Å². The molecule has 0 aliphatic carbocycles. The van der Waals surface area contributed by atoms with Crippen molar-refractivity contribution in [1.82, 2.24) is 0 Å². The van der Waals surface area contributed by atoms with E-state index in [1.807, 2.05) is 17.5 Å². The van der Waals surface area contributed by atoms with Crippen LogP contribution in [0, 0.1) is 0 Å². The molecule has 1 rings (SSSR count). The third kappa shape index (κ3) is 2.12. The molecule has 2 nitrogen and oxygen atoms in total. The van der Waals surface area contributed by atoms with Crippen LogP contribution < -0.4 is 0 Å². The summed E-state index contributed by atoms with van der Waals surface area (Å²) in [7, 11) is 0. The highest BCUT2D eigenvalue weighted by molar-refractivity contribution is 7.11. The summed E-state index contributed by atoms with van der Waals surface area (Å²) in [5, 5.41) is 11.3. The Labute approximate surface area is 87.2 Å².